The topological polar surface area (TPSA) is 47.9 Å². The Labute approximate surface area is 151 Å². The lowest BCUT2D eigenvalue weighted by molar-refractivity contribution is -0.130. The van der Waals surface area contributed by atoms with Gasteiger partial charge in [-0.25, -0.2) is 9.79 Å². The molecular formula is C20H18ClNO3. The highest BCUT2D eigenvalue weighted by Gasteiger charge is 2.23. The van der Waals surface area contributed by atoms with Gasteiger partial charge in [0.1, 0.15) is 5.75 Å². The Kier molecular flexibility index (Phi) is 5.19. The first-order valence-electron chi connectivity index (χ1n) is 7.96. The maximum absolute atomic E-state index is 12.1. The molecule has 0 spiro atoms. The highest BCUT2D eigenvalue weighted by molar-refractivity contribution is 6.30. The molecule has 1 aliphatic rings. The molecular weight excluding hydrogens is 338 g/mol. The first-order valence-corrected chi connectivity index (χ1v) is 8.34. The molecule has 25 heavy (non-hydrogen) atoms. The number of rotatable bonds is 5. The summed E-state index contributed by atoms with van der Waals surface area (Å²) in [7, 11) is 1.56. The van der Waals surface area contributed by atoms with Crippen molar-refractivity contribution in [3.8, 4) is 5.75 Å². The third kappa shape index (κ3) is 4.09. The Bertz CT molecular complexity index is 871. The number of esters is 1. The second-order valence-electron chi connectivity index (χ2n) is 5.74. The highest BCUT2D eigenvalue weighted by Crippen LogP contribution is 2.27. The fourth-order valence-electron chi connectivity index (χ4n) is 2.66. The molecule has 128 valence electrons. The van der Waals surface area contributed by atoms with Gasteiger partial charge in [0, 0.05) is 17.0 Å². The number of hydrogen-bond donors (Lipinski definition) is 0. The molecule has 0 amide bonds. The van der Waals surface area contributed by atoms with Crippen LogP contribution in [-0.2, 0) is 16.0 Å². The van der Waals surface area contributed by atoms with Crippen molar-refractivity contribution in [2.45, 2.75) is 19.8 Å². The Morgan fingerprint density at radius 3 is 2.76 bits per heavy atom. The SMILES string of the molecule is COc1ccc(Cl)cc1/C=C1/N=C(CCc2ccccc2C)OC1=O. The average molecular weight is 356 g/mol. The van der Waals surface area contributed by atoms with Gasteiger partial charge in [-0.15, -0.1) is 0 Å². The molecule has 1 aliphatic heterocycles. The van der Waals surface area contributed by atoms with E-state index in [1.54, 1.807) is 31.4 Å². The minimum atomic E-state index is -0.457. The van der Waals surface area contributed by atoms with Gasteiger partial charge < -0.3 is 9.47 Å². The van der Waals surface area contributed by atoms with Crippen molar-refractivity contribution in [2.75, 3.05) is 7.11 Å². The van der Waals surface area contributed by atoms with Gasteiger partial charge in [-0.05, 0) is 48.7 Å². The lowest BCUT2D eigenvalue weighted by atomic mass is 10.0. The van der Waals surface area contributed by atoms with Crippen LogP contribution in [0, 0.1) is 6.92 Å². The number of ether oxygens (including phenoxy) is 2. The van der Waals surface area contributed by atoms with Gasteiger partial charge in [-0.2, -0.15) is 0 Å². The molecule has 0 bridgehead atoms. The lowest BCUT2D eigenvalue weighted by Crippen LogP contribution is -2.05. The number of hydrogen-bond acceptors (Lipinski definition) is 4. The van der Waals surface area contributed by atoms with Crippen molar-refractivity contribution in [1.29, 1.82) is 0 Å². The summed E-state index contributed by atoms with van der Waals surface area (Å²) in [5, 5.41) is 0.558. The second kappa shape index (κ2) is 7.53. The van der Waals surface area contributed by atoms with Gasteiger partial charge in [-0.1, -0.05) is 35.9 Å². The number of carbonyl (C=O) groups excluding carboxylic acids is 1. The van der Waals surface area contributed by atoms with Crippen molar-refractivity contribution in [1.82, 2.24) is 0 Å². The van der Waals surface area contributed by atoms with Crippen molar-refractivity contribution in [3.63, 3.8) is 0 Å². The van der Waals surface area contributed by atoms with Crippen LogP contribution in [0.25, 0.3) is 6.08 Å². The largest absolute Gasteiger partial charge is 0.496 e. The van der Waals surface area contributed by atoms with E-state index in [9.17, 15) is 4.79 Å². The predicted molar refractivity (Wildman–Crippen MR) is 99.0 cm³/mol. The van der Waals surface area contributed by atoms with Crippen LogP contribution < -0.4 is 4.74 Å². The second-order valence-corrected chi connectivity index (χ2v) is 6.17. The number of carbonyl (C=O) groups is 1. The number of halogens is 1. The Morgan fingerprint density at radius 1 is 1.20 bits per heavy atom. The molecule has 4 nitrogen and oxygen atoms in total. The molecule has 0 N–H and O–H groups in total. The molecule has 2 aromatic carbocycles. The molecule has 0 saturated heterocycles. The predicted octanol–water partition coefficient (Wildman–Crippen LogP) is 4.59. The Balaban J connectivity index is 1.78. The molecule has 3 rings (SSSR count). The lowest BCUT2D eigenvalue weighted by Gasteiger charge is -2.04. The summed E-state index contributed by atoms with van der Waals surface area (Å²) in [5.74, 6) is 0.593. The number of nitrogens with zero attached hydrogens (tertiary/aromatic N) is 1. The first-order chi connectivity index (χ1) is 12.1. The molecule has 0 atom stereocenters. The zero-order valence-electron chi connectivity index (χ0n) is 14.1. The van der Waals surface area contributed by atoms with Gasteiger partial charge in [-0.3, -0.25) is 0 Å². The molecule has 0 radical (unpaired) electrons. The molecule has 2 aromatic rings. The summed E-state index contributed by atoms with van der Waals surface area (Å²) >= 11 is 6.02. The minimum absolute atomic E-state index is 0.250. The fourth-order valence-corrected chi connectivity index (χ4v) is 2.84. The quantitative estimate of drug-likeness (QED) is 0.582. The number of benzene rings is 2. The number of aliphatic imine (C=N–C) groups is 1. The van der Waals surface area contributed by atoms with Crippen LogP contribution in [0.4, 0.5) is 0 Å². The van der Waals surface area contributed by atoms with Crippen LogP contribution in [0.2, 0.25) is 5.02 Å². The van der Waals surface area contributed by atoms with Gasteiger partial charge in [0.2, 0.25) is 0 Å². The summed E-state index contributed by atoms with van der Waals surface area (Å²) in [5.41, 5.74) is 3.37. The van der Waals surface area contributed by atoms with E-state index in [0.29, 0.717) is 28.7 Å². The molecule has 0 fully saturated rings. The molecule has 0 aromatic heterocycles. The van der Waals surface area contributed by atoms with Gasteiger partial charge in [0.15, 0.2) is 11.6 Å². The summed E-state index contributed by atoms with van der Waals surface area (Å²) in [6, 6.07) is 13.3. The van der Waals surface area contributed by atoms with Crippen molar-refractivity contribution >= 4 is 29.5 Å². The Morgan fingerprint density at radius 2 is 2.00 bits per heavy atom. The zero-order valence-corrected chi connectivity index (χ0v) is 14.8. The van der Waals surface area contributed by atoms with Crippen LogP contribution >= 0.6 is 11.6 Å². The van der Waals surface area contributed by atoms with Gasteiger partial charge in [0.05, 0.1) is 7.11 Å². The summed E-state index contributed by atoms with van der Waals surface area (Å²) < 4.78 is 10.6. The standard InChI is InChI=1S/C20H18ClNO3/c1-13-5-3-4-6-14(13)7-10-19-22-17(20(23)25-19)12-15-11-16(21)8-9-18(15)24-2/h3-6,8-9,11-12H,7,10H2,1-2H3/b17-12+. The van der Waals surface area contributed by atoms with Crippen LogP contribution in [0.15, 0.2) is 53.2 Å². The number of cyclic esters (lactones) is 1. The van der Waals surface area contributed by atoms with E-state index in [1.807, 2.05) is 12.1 Å². The van der Waals surface area contributed by atoms with Gasteiger partial charge in [0.25, 0.3) is 0 Å². The molecule has 0 unspecified atom stereocenters. The maximum Gasteiger partial charge on any atom is 0.363 e. The molecule has 0 aliphatic carbocycles. The monoisotopic (exact) mass is 355 g/mol. The van der Waals surface area contributed by atoms with Crippen molar-refractivity contribution in [3.05, 3.63) is 69.9 Å². The van der Waals surface area contributed by atoms with Crippen LogP contribution in [-0.4, -0.2) is 19.0 Å². The molecule has 5 heteroatoms. The summed E-state index contributed by atoms with van der Waals surface area (Å²) in [6.07, 6.45) is 2.97. The third-order valence-electron chi connectivity index (χ3n) is 4.02. The van der Waals surface area contributed by atoms with Crippen molar-refractivity contribution in [2.24, 2.45) is 4.99 Å². The average Bonchev–Trinajstić information content (AvgIpc) is 2.94. The van der Waals surface area contributed by atoms with Crippen LogP contribution in [0.3, 0.4) is 0 Å². The Hall–Kier alpha value is -2.59. The van der Waals surface area contributed by atoms with Gasteiger partial charge >= 0.3 is 5.97 Å². The van der Waals surface area contributed by atoms with E-state index in [1.165, 1.54) is 11.1 Å². The minimum Gasteiger partial charge on any atom is -0.496 e. The first kappa shape index (κ1) is 17.2. The fraction of sp³-hybridized carbons (Fsp3) is 0.200. The van der Waals surface area contributed by atoms with E-state index in [-0.39, 0.29) is 5.70 Å². The number of aryl methyl sites for hydroxylation is 2. The van der Waals surface area contributed by atoms with E-state index in [0.717, 1.165) is 6.42 Å². The summed E-state index contributed by atoms with van der Waals surface area (Å²) in [6.45, 7) is 2.06. The van der Waals surface area contributed by atoms with E-state index in [4.69, 9.17) is 21.1 Å². The van der Waals surface area contributed by atoms with E-state index in [2.05, 4.69) is 24.0 Å². The van der Waals surface area contributed by atoms with E-state index < -0.39 is 5.97 Å². The molecule has 1 heterocycles. The normalized spacial score (nSPS) is 15.2. The van der Waals surface area contributed by atoms with Crippen LogP contribution in [0.5, 0.6) is 5.75 Å². The van der Waals surface area contributed by atoms with Crippen molar-refractivity contribution < 1.29 is 14.3 Å². The van der Waals surface area contributed by atoms with E-state index >= 15 is 0 Å². The summed E-state index contributed by atoms with van der Waals surface area (Å²) in [4.78, 5) is 16.4. The van der Waals surface area contributed by atoms with Crippen LogP contribution in [0.1, 0.15) is 23.1 Å². The zero-order chi connectivity index (χ0) is 17.8. The maximum atomic E-state index is 12.1. The smallest absolute Gasteiger partial charge is 0.363 e. The third-order valence-corrected chi connectivity index (χ3v) is 4.25. The molecule has 0 saturated carbocycles. The highest BCUT2D eigenvalue weighted by atomic mass is 35.5. The number of methoxy groups -OCH3 is 1.